The molecule has 140 valence electrons. The number of nitrogens with zero attached hydrogens (tertiary/aromatic N) is 5. The fourth-order valence-corrected chi connectivity index (χ4v) is 3.56. The maximum absolute atomic E-state index is 12.9. The van der Waals surface area contributed by atoms with Crippen LogP contribution in [-0.4, -0.2) is 52.3 Å². The van der Waals surface area contributed by atoms with E-state index in [1.54, 1.807) is 11.1 Å². The Hall–Kier alpha value is -3.03. The molecule has 27 heavy (non-hydrogen) atoms. The lowest BCUT2D eigenvalue weighted by atomic mass is 10.00. The van der Waals surface area contributed by atoms with Gasteiger partial charge in [0.15, 0.2) is 5.82 Å². The number of carbonyl (C=O) groups is 2. The SMILES string of the molecule is CN(C)c1nc(-c2ccccn2)nc2c1CCN(C(=O)C1(C(N)=O)CC1)C2. The second kappa shape index (κ2) is 6.29. The number of nitrogens with two attached hydrogens (primary N) is 1. The standard InChI is InChI=1S/C19H22N6O2/c1-24(2)16-12-6-10-25(18(27)19(7-8-19)17(20)26)11-14(12)22-15(23-16)13-5-3-4-9-21-13/h3-5,9H,6-8,10-11H2,1-2H3,(H2,20,26). The van der Waals surface area contributed by atoms with Crippen molar-refractivity contribution in [1.29, 1.82) is 0 Å². The molecule has 0 radical (unpaired) electrons. The van der Waals surface area contributed by atoms with Gasteiger partial charge in [-0.25, -0.2) is 9.97 Å². The number of carbonyl (C=O) groups excluding carboxylic acids is 2. The molecule has 8 nitrogen and oxygen atoms in total. The molecule has 2 N–H and O–H groups in total. The number of rotatable bonds is 4. The van der Waals surface area contributed by atoms with Gasteiger partial charge in [-0.15, -0.1) is 0 Å². The van der Waals surface area contributed by atoms with E-state index in [0.29, 0.717) is 43.9 Å². The van der Waals surface area contributed by atoms with Crippen molar-refractivity contribution in [3.63, 3.8) is 0 Å². The number of aromatic nitrogens is 3. The van der Waals surface area contributed by atoms with E-state index >= 15 is 0 Å². The summed E-state index contributed by atoms with van der Waals surface area (Å²) in [6.07, 6.45) is 3.42. The van der Waals surface area contributed by atoms with Gasteiger partial charge in [-0.1, -0.05) is 6.07 Å². The van der Waals surface area contributed by atoms with Gasteiger partial charge in [0, 0.05) is 32.4 Å². The summed E-state index contributed by atoms with van der Waals surface area (Å²) in [5.41, 5.74) is 6.99. The first-order valence-corrected chi connectivity index (χ1v) is 9.00. The Morgan fingerprint density at radius 1 is 1.22 bits per heavy atom. The second-order valence-electron chi connectivity index (χ2n) is 7.33. The van der Waals surface area contributed by atoms with Crippen LogP contribution in [0.4, 0.5) is 5.82 Å². The molecule has 2 amide bonds. The molecule has 1 fully saturated rings. The Morgan fingerprint density at radius 2 is 2.00 bits per heavy atom. The Kier molecular flexibility index (Phi) is 4.05. The molecule has 0 bridgehead atoms. The molecule has 3 heterocycles. The lowest BCUT2D eigenvalue weighted by Crippen LogP contribution is -2.46. The summed E-state index contributed by atoms with van der Waals surface area (Å²) in [6, 6.07) is 5.59. The van der Waals surface area contributed by atoms with Crippen LogP contribution in [0.1, 0.15) is 24.1 Å². The van der Waals surface area contributed by atoms with Crippen molar-refractivity contribution in [2.24, 2.45) is 11.1 Å². The van der Waals surface area contributed by atoms with E-state index < -0.39 is 11.3 Å². The molecule has 0 saturated heterocycles. The number of pyridine rings is 1. The maximum Gasteiger partial charge on any atom is 0.238 e. The summed E-state index contributed by atoms with van der Waals surface area (Å²) in [6.45, 7) is 0.889. The number of hydrogen-bond acceptors (Lipinski definition) is 6. The van der Waals surface area contributed by atoms with Crippen LogP contribution < -0.4 is 10.6 Å². The smallest absolute Gasteiger partial charge is 0.238 e. The van der Waals surface area contributed by atoms with Crippen LogP contribution in [0.5, 0.6) is 0 Å². The summed E-state index contributed by atoms with van der Waals surface area (Å²) >= 11 is 0. The summed E-state index contributed by atoms with van der Waals surface area (Å²) in [4.78, 5) is 42.0. The van der Waals surface area contributed by atoms with Gasteiger partial charge in [-0.3, -0.25) is 14.6 Å². The van der Waals surface area contributed by atoms with Gasteiger partial charge < -0.3 is 15.5 Å². The summed E-state index contributed by atoms with van der Waals surface area (Å²) in [5, 5.41) is 0. The fraction of sp³-hybridized carbons (Fsp3) is 0.421. The van der Waals surface area contributed by atoms with E-state index in [2.05, 4.69) is 9.97 Å². The molecule has 0 aromatic carbocycles. The molecular formula is C19H22N6O2. The average Bonchev–Trinajstić information content (AvgIpc) is 3.48. The minimum absolute atomic E-state index is 0.176. The van der Waals surface area contributed by atoms with Gasteiger partial charge in [0.25, 0.3) is 0 Å². The van der Waals surface area contributed by atoms with Crippen LogP contribution in [0.15, 0.2) is 24.4 Å². The Labute approximate surface area is 157 Å². The van der Waals surface area contributed by atoms with E-state index in [9.17, 15) is 9.59 Å². The Bertz CT molecular complexity index is 908. The van der Waals surface area contributed by atoms with Gasteiger partial charge in [0.2, 0.25) is 11.8 Å². The minimum atomic E-state index is -1.00. The lowest BCUT2D eigenvalue weighted by molar-refractivity contribution is -0.143. The number of amides is 2. The zero-order valence-corrected chi connectivity index (χ0v) is 15.5. The first-order valence-electron chi connectivity index (χ1n) is 9.00. The fourth-order valence-electron chi connectivity index (χ4n) is 3.56. The molecule has 0 spiro atoms. The molecule has 1 saturated carbocycles. The summed E-state index contributed by atoms with van der Waals surface area (Å²) in [5.74, 6) is 0.668. The van der Waals surface area contributed by atoms with Crippen molar-refractivity contribution >= 4 is 17.6 Å². The molecule has 8 heteroatoms. The highest BCUT2D eigenvalue weighted by molar-refractivity contribution is 6.07. The normalized spacial score (nSPS) is 17.2. The maximum atomic E-state index is 12.9. The number of primary amides is 1. The predicted molar refractivity (Wildman–Crippen MR) is 99.6 cm³/mol. The monoisotopic (exact) mass is 366 g/mol. The second-order valence-corrected chi connectivity index (χ2v) is 7.33. The Morgan fingerprint density at radius 3 is 2.59 bits per heavy atom. The molecule has 4 rings (SSSR count). The molecule has 0 unspecified atom stereocenters. The zero-order valence-electron chi connectivity index (χ0n) is 15.5. The van der Waals surface area contributed by atoms with Gasteiger partial charge in [-0.2, -0.15) is 0 Å². The van der Waals surface area contributed by atoms with Crippen molar-refractivity contribution in [3.05, 3.63) is 35.7 Å². The largest absolute Gasteiger partial charge is 0.369 e. The molecule has 1 aliphatic heterocycles. The van der Waals surface area contributed by atoms with E-state index in [1.807, 2.05) is 37.2 Å². The van der Waals surface area contributed by atoms with Crippen LogP contribution in [0.3, 0.4) is 0 Å². The molecule has 2 aromatic heterocycles. The lowest BCUT2D eigenvalue weighted by Gasteiger charge is -2.32. The van der Waals surface area contributed by atoms with Gasteiger partial charge in [-0.05, 0) is 31.4 Å². The number of anilines is 1. The highest BCUT2D eigenvalue weighted by Crippen LogP contribution is 2.47. The third-order valence-corrected chi connectivity index (χ3v) is 5.28. The van der Waals surface area contributed by atoms with Crippen LogP contribution in [0, 0.1) is 5.41 Å². The van der Waals surface area contributed by atoms with E-state index in [-0.39, 0.29) is 5.91 Å². The average molecular weight is 366 g/mol. The molecule has 0 atom stereocenters. The number of hydrogen-bond donors (Lipinski definition) is 1. The molecule has 2 aromatic rings. The Balaban J connectivity index is 1.71. The topological polar surface area (TPSA) is 105 Å². The summed E-state index contributed by atoms with van der Waals surface area (Å²) in [7, 11) is 3.88. The van der Waals surface area contributed by atoms with Crippen molar-refractivity contribution in [2.45, 2.75) is 25.8 Å². The first-order chi connectivity index (χ1) is 12.9. The third-order valence-electron chi connectivity index (χ3n) is 5.28. The van der Waals surface area contributed by atoms with Crippen LogP contribution in [0.2, 0.25) is 0 Å². The van der Waals surface area contributed by atoms with Crippen molar-refractivity contribution in [2.75, 3.05) is 25.5 Å². The van der Waals surface area contributed by atoms with E-state index in [1.165, 1.54) is 0 Å². The molecular weight excluding hydrogens is 344 g/mol. The van der Waals surface area contributed by atoms with E-state index in [4.69, 9.17) is 10.7 Å². The van der Waals surface area contributed by atoms with Gasteiger partial charge >= 0.3 is 0 Å². The van der Waals surface area contributed by atoms with E-state index in [0.717, 1.165) is 17.1 Å². The van der Waals surface area contributed by atoms with Crippen molar-refractivity contribution < 1.29 is 9.59 Å². The van der Waals surface area contributed by atoms with Crippen LogP contribution in [0.25, 0.3) is 11.5 Å². The van der Waals surface area contributed by atoms with Crippen LogP contribution >= 0.6 is 0 Å². The van der Waals surface area contributed by atoms with Crippen molar-refractivity contribution in [1.82, 2.24) is 19.9 Å². The van der Waals surface area contributed by atoms with Gasteiger partial charge in [0.1, 0.15) is 16.9 Å². The number of fused-ring (bicyclic) bond motifs is 1. The first kappa shape index (κ1) is 17.4. The molecule has 2 aliphatic rings. The summed E-state index contributed by atoms with van der Waals surface area (Å²) < 4.78 is 0. The highest BCUT2D eigenvalue weighted by atomic mass is 16.2. The minimum Gasteiger partial charge on any atom is -0.369 e. The predicted octanol–water partition coefficient (Wildman–Crippen LogP) is 0.755. The molecule has 1 aliphatic carbocycles. The van der Waals surface area contributed by atoms with Crippen molar-refractivity contribution in [3.8, 4) is 11.5 Å². The zero-order chi connectivity index (χ0) is 19.2. The quantitative estimate of drug-likeness (QED) is 0.801. The van der Waals surface area contributed by atoms with Gasteiger partial charge in [0.05, 0.1) is 12.2 Å². The van der Waals surface area contributed by atoms with Crippen LogP contribution in [-0.2, 0) is 22.6 Å². The third kappa shape index (κ3) is 2.90. The highest BCUT2D eigenvalue weighted by Gasteiger charge is 2.57.